The van der Waals surface area contributed by atoms with Crippen LogP contribution in [0.5, 0.6) is 0 Å². The summed E-state index contributed by atoms with van der Waals surface area (Å²) >= 11 is 0. The van der Waals surface area contributed by atoms with E-state index in [4.69, 9.17) is 0 Å². The lowest BCUT2D eigenvalue weighted by molar-refractivity contribution is 0.454. The molecule has 0 radical (unpaired) electrons. The van der Waals surface area contributed by atoms with Crippen molar-refractivity contribution < 1.29 is 0 Å². The van der Waals surface area contributed by atoms with E-state index in [2.05, 4.69) is 53.8 Å². The van der Waals surface area contributed by atoms with Gasteiger partial charge in [0, 0.05) is 13.1 Å². The molecule has 90 valence electrons. The highest BCUT2D eigenvalue weighted by Gasteiger charge is 2.35. The fourth-order valence-electron chi connectivity index (χ4n) is 3.66. The van der Waals surface area contributed by atoms with Crippen LogP contribution in [0.1, 0.15) is 29.4 Å². The molecule has 18 heavy (non-hydrogen) atoms. The third-order valence-corrected chi connectivity index (χ3v) is 4.42. The van der Waals surface area contributed by atoms with E-state index in [1.54, 1.807) is 11.1 Å². The maximum absolute atomic E-state index is 3.57. The molecule has 2 aliphatic rings. The molecule has 0 aromatic heterocycles. The van der Waals surface area contributed by atoms with Crippen molar-refractivity contribution >= 4 is 0 Å². The predicted molar refractivity (Wildman–Crippen MR) is 74.8 cm³/mol. The van der Waals surface area contributed by atoms with E-state index in [-0.39, 0.29) is 0 Å². The average Bonchev–Trinajstić information content (AvgIpc) is 2.71. The number of rotatable bonds is 1. The third-order valence-electron chi connectivity index (χ3n) is 4.42. The minimum atomic E-state index is 0.718. The number of nitrogens with one attached hydrogen (secondary N) is 1. The summed E-state index contributed by atoms with van der Waals surface area (Å²) in [4.78, 5) is 0. The van der Waals surface area contributed by atoms with Crippen LogP contribution in [0.2, 0.25) is 0 Å². The summed E-state index contributed by atoms with van der Waals surface area (Å²) < 4.78 is 0. The lowest BCUT2D eigenvalue weighted by atomic mass is 9.91. The predicted octanol–water partition coefficient (Wildman–Crippen LogP) is 3.53. The SMILES string of the molecule is c1ccc(-c2cccc3c2C2CNCC3C2)cc1. The quantitative estimate of drug-likeness (QED) is 0.797. The summed E-state index contributed by atoms with van der Waals surface area (Å²) in [6, 6.07) is 17.7. The van der Waals surface area contributed by atoms with Gasteiger partial charge >= 0.3 is 0 Å². The maximum atomic E-state index is 3.57. The molecule has 2 aromatic carbocycles. The van der Waals surface area contributed by atoms with Crippen LogP contribution in [-0.2, 0) is 0 Å². The van der Waals surface area contributed by atoms with Crippen molar-refractivity contribution in [1.82, 2.24) is 5.32 Å². The van der Waals surface area contributed by atoms with E-state index in [0.717, 1.165) is 24.9 Å². The summed E-state index contributed by atoms with van der Waals surface area (Å²) in [5.74, 6) is 1.46. The second-order valence-electron chi connectivity index (χ2n) is 5.46. The van der Waals surface area contributed by atoms with Crippen LogP contribution in [0.15, 0.2) is 48.5 Å². The van der Waals surface area contributed by atoms with Gasteiger partial charge in [-0.05, 0) is 40.5 Å². The van der Waals surface area contributed by atoms with E-state index >= 15 is 0 Å². The van der Waals surface area contributed by atoms with Gasteiger partial charge in [0.05, 0.1) is 0 Å². The van der Waals surface area contributed by atoms with Crippen molar-refractivity contribution in [2.24, 2.45) is 0 Å². The fraction of sp³-hybridized carbons (Fsp3) is 0.294. The highest BCUT2D eigenvalue weighted by molar-refractivity contribution is 5.71. The van der Waals surface area contributed by atoms with Crippen molar-refractivity contribution in [2.45, 2.75) is 18.3 Å². The first-order valence-corrected chi connectivity index (χ1v) is 6.82. The van der Waals surface area contributed by atoms with Gasteiger partial charge in [0.25, 0.3) is 0 Å². The van der Waals surface area contributed by atoms with Gasteiger partial charge in [-0.25, -0.2) is 0 Å². The lowest BCUT2D eigenvalue weighted by Gasteiger charge is -2.20. The number of hydrogen-bond donors (Lipinski definition) is 1. The topological polar surface area (TPSA) is 12.0 Å². The van der Waals surface area contributed by atoms with Gasteiger partial charge in [-0.1, -0.05) is 48.5 Å². The van der Waals surface area contributed by atoms with Gasteiger partial charge in [0.2, 0.25) is 0 Å². The van der Waals surface area contributed by atoms with Crippen LogP contribution in [0.4, 0.5) is 0 Å². The van der Waals surface area contributed by atoms with E-state index in [1.165, 1.54) is 17.5 Å². The molecule has 0 amide bonds. The Bertz CT molecular complexity index is 573. The highest BCUT2D eigenvalue weighted by Crippen LogP contribution is 2.47. The summed E-state index contributed by atoms with van der Waals surface area (Å²) in [6.07, 6.45) is 1.34. The van der Waals surface area contributed by atoms with Crippen molar-refractivity contribution in [3.05, 3.63) is 59.7 Å². The molecular formula is C17H17N. The minimum Gasteiger partial charge on any atom is -0.316 e. The Morgan fingerprint density at radius 3 is 2.56 bits per heavy atom. The Hall–Kier alpha value is -1.60. The van der Waals surface area contributed by atoms with E-state index in [9.17, 15) is 0 Å². The first kappa shape index (κ1) is 10.3. The van der Waals surface area contributed by atoms with Crippen LogP contribution in [-0.4, -0.2) is 13.1 Å². The van der Waals surface area contributed by atoms with Crippen LogP contribution < -0.4 is 5.32 Å². The molecule has 1 N–H and O–H groups in total. The first-order chi connectivity index (χ1) is 8.93. The van der Waals surface area contributed by atoms with Gasteiger partial charge in [0.1, 0.15) is 0 Å². The molecular weight excluding hydrogens is 218 g/mol. The zero-order valence-electron chi connectivity index (χ0n) is 10.4. The van der Waals surface area contributed by atoms with Crippen molar-refractivity contribution in [1.29, 1.82) is 0 Å². The normalized spacial score (nSPS) is 24.9. The Morgan fingerprint density at radius 2 is 1.67 bits per heavy atom. The molecule has 1 fully saturated rings. The zero-order valence-corrected chi connectivity index (χ0v) is 10.4. The second-order valence-corrected chi connectivity index (χ2v) is 5.46. The van der Waals surface area contributed by atoms with Crippen LogP contribution >= 0.6 is 0 Å². The molecule has 0 saturated carbocycles. The molecule has 2 atom stereocenters. The number of hydrogen-bond acceptors (Lipinski definition) is 1. The molecule has 2 aromatic rings. The van der Waals surface area contributed by atoms with Gasteiger partial charge in [0.15, 0.2) is 0 Å². The molecule has 2 unspecified atom stereocenters. The van der Waals surface area contributed by atoms with Crippen LogP contribution in [0.3, 0.4) is 0 Å². The Balaban J connectivity index is 1.92. The largest absolute Gasteiger partial charge is 0.316 e. The van der Waals surface area contributed by atoms with Gasteiger partial charge in [-0.3, -0.25) is 0 Å². The summed E-state index contributed by atoms with van der Waals surface area (Å²) in [6.45, 7) is 2.30. The van der Waals surface area contributed by atoms with E-state index in [1.807, 2.05) is 0 Å². The average molecular weight is 235 g/mol. The second kappa shape index (κ2) is 3.96. The molecule has 0 spiro atoms. The molecule has 1 saturated heterocycles. The smallest absolute Gasteiger partial charge is 0.00209 e. The van der Waals surface area contributed by atoms with Gasteiger partial charge < -0.3 is 5.32 Å². The molecule has 1 nitrogen and oxygen atoms in total. The molecule has 1 aliphatic heterocycles. The first-order valence-electron chi connectivity index (χ1n) is 6.82. The summed E-state index contributed by atoms with van der Waals surface area (Å²) in [7, 11) is 0. The van der Waals surface area contributed by atoms with Crippen molar-refractivity contribution in [3.8, 4) is 11.1 Å². The molecule has 1 heterocycles. The Kier molecular flexibility index (Phi) is 2.27. The molecule has 1 aliphatic carbocycles. The van der Waals surface area contributed by atoms with Gasteiger partial charge in [-0.2, -0.15) is 0 Å². The van der Waals surface area contributed by atoms with Crippen molar-refractivity contribution in [3.63, 3.8) is 0 Å². The monoisotopic (exact) mass is 235 g/mol. The van der Waals surface area contributed by atoms with E-state index < -0.39 is 0 Å². The molecule has 4 rings (SSSR count). The van der Waals surface area contributed by atoms with Crippen LogP contribution in [0.25, 0.3) is 11.1 Å². The van der Waals surface area contributed by atoms with E-state index in [0.29, 0.717) is 0 Å². The molecule has 1 heteroatoms. The number of fused-ring (bicyclic) bond motifs is 5. The summed E-state index contributed by atoms with van der Waals surface area (Å²) in [5, 5.41) is 3.57. The Labute approximate surface area is 108 Å². The summed E-state index contributed by atoms with van der Waals surface area (Å²) in [5.41, 5.74) is 6.01. The third kappa shape index (κ3) is 1.44. The molecule has 2 bridgehead atoms. The number of piperidine rings is 1. The fourth-order valence-corrected chi connectivity index (χ4v) is 3.66. The maximum Gasteiger partial charge on any atom is 0.00209 e. The van der Waals surface area contributed by atoms with Crippen LogP contribution in [0, 0.1) is 0 Å². The van der Waals surface area contributed by atoms with Crippen molar-refractivity contribution in [2.75, 3.05) is 13.1 Å². The number of benzene rings is 2. The standard InChI is InChI=1S/C17H17N/c1-2-5-12(6-3-1)15-7-4-8-16-13-9-14(17(15)16)11-18-10-13/h1-8,13-14,18H,9-11H2. The lowest BCUT2D eigenvalue weighted by Crippen LogP contribution is -2.28. The highest BCUT2D eigenvalue weighted by atomic mass is 14.9. The minimum absolute atomic E-state index is 0.718. The van der Waals surface area contributed by atoms with Gasteiger partial charge in [-0.15, -0.1) is 0 Å². The zero-order chi connectivity index (χ0) is 11.9. The Morgan fingerprint density at radius 1 is 0.833 bits per heavy atom.